The lowest BCUT2D eigenvalue weighted by atomic mass is 9.92. The molecular formula is C25H28N2O6. The Kier molecular flexibility index (Phi) is 6.96. The number of hydrogen-bond acceptors (Lipinski definition) is 7. The Labute approximate surface area is 193 Å². The van der Waals surface area contributed by atoms with Crippen molar-refractivity contribution in [2.24, 2.45) is 0 Å². The quantitative estimate of drug-likeness (QED) is 0.387. The highest BCUT2D eigenvalue weighted by molar-refractivity contribution is 5.88. The molecule has 0 radical (unpaired) electrons. The van der Waals surface area contributed by atoms with Crippen molar-refractivity contribution in [3.05, 3.63) is 60.3 Å². The summed E-state index contributed by atoms with van der Waals surface area (Å²) >= 11 is 0. The second-order valence-corrected chi connectivity index (χ2v) is 8.22. The van der Waals surface area contributed by atoms with Crippen LogP contribution in [-0.4, -0.2) is 36.9 Å². The third kappa shape index (κ3) is 5.46. The summed E-state index contributed by atoms with van der Waals surface area (Å²) in [5.74, 6) is 1.04. The fourth-order valence-electron chi connectivity index (χ4n) is 3.46. The first-order chi connectivity index (χ1) is 15.7. The zero-order valence-corrected chi connectivity index (χ0v) is 19.4. The van der Waals surface area contributed by atoms with Crippen LogP contribution in [0.25, 0.3) is 17.2 Å². The summed E-state index contributed by atoms with van der Waals surface area (Å²) in [6.45, 7) is 9.05. The Morgan fingerprint density at radius 1 is 1.06 bits per heavy atom. The summed E-state index contributed by atoms with van der Waals surface area (Å²) < 4.78 is 22.0. The number of benzene rings is 2. The molecule has 0 saturated carbocycles. The van der Waals surface area contributed by atoms with Gasteiger partial charge in [-0.15, -0.1) is 0 Å². The van der Waals surface area contributed by atoms with Gasteiger partial charge in [-0.05, 0) is 62.2 Å². The van der Waals surface area contributed by atoms with E-state index in [4.69, 9.17) is 18.9 Å². The monoisotopic (exact) mass is 452 g/mol. The Morgan fingerprint density at radius 2 is 1.73 bits per heavy atom. The molecule has 1 heterocycles. The molecule has 0 spiro atoms. The Hall–Kier alpha value is -3.94. The molecule has 2 aromatic rings. The third-order valence-electron chi connectivity index (χ3n) is 4.77. The summed E-state index contributed by atoms with van der Waals surface area (Å²) in [4.78, 5) is 24.2. The van der Waals surface area contributed by atoms with Gasteiger partial charge in [-0.2, -0.15) is 0 Å². The zero-order valence-electron chi connectivity index (χ0n) is 19.4. The van der Waals surface area contributed by atoms with Gasteiger partial charge in [0.15, 0.2) is 0 Å². The van der Waals surface area contributed by atoms with Crippen LogP contribution in [0.15, 0.2) is 49.2 Å². The number of nitrogens with zero attached hydrogens (tertiary/aromatic N) is 1. The van der Waals surface area contributed by atoms with Gasteiger partial charge in [-0.25, -0.2) is 15.0 Å². The smallest absolute Gasteiger partial charge is 0.426 e. The zero-order chi connectivity index (χ0) is 24.2. The number of esters is 1. The molecule has 0 bridgehead atoms. The van der Waals surface area contributed by atoms with Gasteiger partial charge in [0.1, 0.15) is 22.8 Å². The molecule has 2 aromatic carbocycles. The molecule has 1 N–H and O–H groups in total. The molecule has 8 heteroatoms. The number of amides is 1. The number of nitrogens with one attached hydrogen (secondary N) is 1. The molecule has 33 heavy (non-hydrogen) atoms. The van der Waals surface area contributed by atoms with E-state index in [9.17, 15) is 9.59 Å². The van der Waals surface area contributed by atoms with Crippen LogP contribution < -0.4 is 19.6 Å². The molecule has 3 rings (SSSR count). The van der Waals surface area contributed by atoms with Crippen LogP contribution in [0.5, 0.6) is 17.2 Å². The maximum Gasteiger partial charge on any atom is 0.426 e. The third-order valence-corrected chi connectivity index (χ3v) is 4.77. The first-order valence-corrected chi connectivity index (χ1v) is 10.3. The van der Waals surface area contributed by atoms with E-state index in [0.29, 0.717) is 22.8 Å². The number of carbonyl (C=O) groups is 2. The van der Waals surface area contributed by atoms with E-state index in [1.165, 1.54) is 0 Å². The molecule has 0 aromatic heterocycles. The highest BCUT2D eigenvalue weighted by Gasteiger charge is 2.25. The molecule has 0 atom stereocenters. The lowest BCUT2D eigenvalue weighted by Gasteiger charge is -2.29. The van der Waals surface area contributed by atoms with Gasteiger partial charge >= 0.3 is 12.1 Å². The Bertz CT molecular complexity index is 1080. The molecule has 1 aliphatic heterocycles. The standard InChI is InChI=1S/C25H28N2O6/c1-7-22(28)32-19-12-11-17(23-20(30-5)9-8-10-21(23)31-6)16-13-14-27(15-18(16)19)26-24(29)33-25(2,3)4/h7-14H,1,15H2,2-6H3,(H,26,29). The number of hydrazine groups is 1. The fourth-order valence-corrected chi connectivity index (χ4v) is 3.46. The van der Waals surface area contributed by atoms with Crippen LogP contribution in [0.1, 0.15) is 31.9 Å². The first-order valence-electron chi connectivity index (χ1n) is 10.3. The number of fused-ring (bicyclic) bond motifs is 1. The van der Waals surface area contributed by atoms with Crippen molar-refractivity contribution in [2.45, 2.75) is 32.9 Å². The number of carbonyl (C=O) groups excluding carboxylic acids is 2. The maximum atomic E-state index is 12.3. The predicted molar refractivity (Wildman–Crippen MR) is 125 cm³/mol. The van der Waals surface area contributed by atoms with Crippen molar-refractivity contribution in [3.8, 4) is 28.4 Å². The van der Waals surface area contributed by atoms with Crippen molar-refractivity contribution in [2.75, 3.05) is 14.2 Å². The minimum Gasteiger partial charge on any atom is -0.496 e. The van der Waals surface area contributed by atoms with Gasteiger partial charge in [-0.3, -0.25) is 5.01 Å². The van der Waals surface area contributed by atoms with Crippen molar-refractivity contribution in [3.63, 3.8) is 0 Å². The minimum atomic E-state index is -0.639. The van der Waals surface area contributed by atoms with Gasteiger partial charge < -0.3 is 18.9 Å². The van der Waals surface area contributed by atoms with Crippen molar-refractivity contribution < 1.29 is 28.5 Å². The SMILES string of the molecule is C=CC(=O)Oc1ccc(-c2c(OC)cccc2OC)c2c1CN(NC(=O)OC(C)(C)C)C=C2. The molecule has 0 aliphatic carbocycles. The highest BCUT2D eigenvalue weighted by atomic mass is 16.6. The van der Waals surface area contributed by atoms with Crippen molar-refractivity contribution in [1.29, 1.82) is 0 Å². The molecule has 8 nitrogen and oxygen atoms in total. The van der Waals surface area contributed by atoms with Crippen molar-refractivity contribution in [1.82, 2.24) is 10.4 Å². The molecule has 1 aliphatic rings. The van der Waals surface area contributed by atoms with Crippen LogP contribution >= 0.6 is 0 Å². The molecular weight excluding hydrogens is 424 g/mol. The van der Waals surface area contributed by atoms with Crippen LogP contribution in [0.4, 0.5) is 4.79 Å². The topological polar surface area (TPSA) is 86.3 Å². The molecule has 0 fully saturated rings. The molecule has 1 amide bonds. The summed E-state index contributed by atoms with van der Waals surface area (Å²) in [5, 5.41) is 1.56. The minimum absolute atomic E-state index is 0.232. The Morgan fingerprint density at radius 3 is 2.30 bits per heavy atom. The van der Waals surface area contributed by atoms with Crippen LogP contribution in [0.2, 0.25) is 0 Å². The van der Waals surface area contributed by atoms with E-state index in [1.54, 1.807) is 52.3 Å². The largest absolute Gasteiger partial charge is 0.496 e. The van der Waals surface area contributed by atoms with Crippen LogP contribution in [-0.2, 0) is 16.1 Å². The van der Waals surface area contributed by atoms with Gasteiger partial charge in [0.2, 0.25) is 0 Å². The summed E-state index contributed by atoms with van der Waals surface area (Å²) in [7, 11) is 3.18. The summed E-state index contributed by atoms with van der Waals surface area (Å²) in [5.41, 5.74) is 5.13. The lowest BCUT2D eigenvalue weighted by Crippen LogP contribution is -2.42. The van der Waals surface area contributed by atoms with Crippen LogP contribution in [0.3, 0.4) is 0 Å². The fraction of sp³-hybridized carbons (Fsp3) is 0.280. The highest BCUT2D eigenvalue weighted by Crippen LogP contribution is 2.44. The van der Waals surface area contributed by atoms with E-state index in [1.807, 2.05) is 30.3 Å². The van der Waals surface area contributed by atoms with E-state index in [2.05, 4.69) is 12.0 Å². The van der Waals surface area contributed by atoms with Gasteiger partial charge in [-0.1, -0.05) is 12.6 Å². The predicted octanol–water partition coefficient (Wildman–Crippen LogP) is 4.69. The second-order valence-electron chi connectivity index (χ2n) is 8.22. The lowest BCUT2D eigenvalue weighted by molar-refractivity contribution is -0.129. The van der Waals surface area contributed by atoms with E-state index >= 15 is 0 Å². The first kappa shape index (κ1) is 23.7. The molecule has 174 valence electrons. The number of hydrogen-bond donors (Lipinski definition) is 1. The summed E-state index contributed by atoms with van der Waals surface area (Å²) in [6.07, 6.45) is 4.04. The second kappa shape index (κ2) is 9.68. The molecule has 0 unspecified atom stereocenters. The molecule has 0 saturated heterocycles. The number of rotatable bonds is 6. The van der Waals surface area contributed by atoms with Crippen molar-refractivity contribution >= 4 is 18.1 Å². The van der Waals surface area contributed by atoms with Crippen LogP contribution in [0, 0.1) is 0 Å². The average Bonchev–Trinajstić information content (AvgIpc) is 2.77. The summed E-state index contributed by atoms with van der Waals surface area (Å²) in [6, 6.07) is 9.08. The number of ether oxygens (including phenoxy) is 4. The van der Waals surface area contributed by atoms with Gasteiger partial charge in [0.25, 0.3) is 0 Å². The van der Waals surface area contributed by atoms with E-state index in [-0.39, 0.29) is 6.54 Å². The van der Waals surface area contributed by atoms with E-state index < -0.39 is 17.7 Å². The van der Waals surface area contributed by atoms with E-state index in [0.717, 1.165) is 22.8 Å². The normalized spacial score (nSPS) is 12.5. The van der Waals surface area contributed by atoms with Gasteiger partial charge in [0.05, 0.1) is 26.3 Å². The maximum absolute atomic E-state index is 12.3. The number of methoxy groups -OCH3 is 2. The average molecular weight is 453 g/mol. The van der Waals surface area contributed by atoms with Gasteiger partial charge in [0, 0.05) is 17.8 Å². The Balaban J connectivity index is 2.07.